The summed E-state index contributed by atoms with van der Waals surface area (Å²) in [5, 5.41) is 4.15. The molecule has 5 rings (SSSR count). The zero-order valence-corrected chi connectivity index (χ0v) is 23.7. The molecule has 2 aliphatic heterocycles. The van der Waals surface area contributed by atoms with Crippen LogP contribution in [0.4, 0.5) is 13.2 Å². The van der Waals surface area contributed by atoms with Gasteiger partial charge in [0, 0.05) is 27.7 Å². The van der Waals surface area contributed by atoms with Crippen LogP contribution in [0.25, 0.3) is 0 Å². The molecule has 1 N–H and O–H groups in total. The second-order valence-electron chi connectivity index (χ2n) is 10.4. The number of carbonyl (C=O) groups is 2. The molecule has 3 aromatic rings. The molecule has 2 atom stereocenters. The molecule has 0 radical (unpaired) electrons. The summed E-state index contributed by atoms with van der Waals surface area (Å²) in [5.41, 5.74) is 1.23. The number of nitrogens with zero attached hydrogens (tertiary/aromatic N) is 2. The number of hydrogen-bond donors (Lipinski definition) is 1. The number of rotatable bonds is 6. The quantitative estimate of drug-likeness (QED) is 0.355. The Morgan fingerprint density at radius 2 is 1.76 bits per heavy atom. The first-order valence-electron chi connectivity index (χ1n) is 12.8. The highest BCUT2D eigenvalue weighted by Gasteiger charge is 2.58. The fourth-order valence-electron chi connectivity index (χ4n) is 5.09. The maximum absolute atomic E-state index is 14.4. The fraction of sp³-hybridized carbons (Fsp3) is 0.300. The Morgan fingerprint density at radius 1 is 1.07 bits per heavy atom. The lowest BCUT2D eigenvalue weighted by atomic mass is 9.76. The number of hydroxylamine groups is 2. The van der Waals surface area contributed by atoms with Crippen LogP contribution in [0.15, 0.2) is 65.7 Å². The van der Waals surface area contributed by atoms with Crippen molar-refractivity contribution < 1.29 is 27.6 Å². The minimum atomic E-state index is -4.61. The number of alkyl halides is 3. The number of hydrogen-bond acceptors (Lipinski definition) is 4. The highest BCUT2D eigenvalue weighted by atomic mass is 35.5. The van der Waals surface area contributed by atoms with Crippen molar-refractivity contribution in [1.82, 2.24) is 10.4 Å². The average molecular weight is 604 g/mol. The van der Waals surface area contributed by atoms with Gasteiger partial charge in [-0.1, -0.05) is 59.1 Å². The van der Waals surface area contributed by atoms with Crippen LogP contribution in [0, 0.1) is 13.8 Å². The van der Waals surface area contributed by atoms with Gasteiger partial charge in [-0.2, -0.15) is 13.2 Å². The number of aliphatic imine (C=N–C) groups is 1. The van der Waals surface area contributed by atoms with E-state index < -0.39 is 36.5 Å². The van der Waals surface area contributed by atoms with E-state index in [9.17, 15) is 22.8 Å². The van der Waals surface area contributed by atoms with Gasteiger partial charge in [0.25, 0.3) is 11.8 Å². The average Bonchev–Trinajstić information content (AvgIpc) is 3.50. The molecule has 3 aromatic carbocycles. The van der Waals surface area contributed by atoms with Gasteiger partial charge < -0.3 is 5.32 Å². The van der Waals surface area contributed by atoms with Crippen molar-refractivity contribution in [3.05, 3.63) is 104 Å². The molecule has 6 nitrogen and oxygen atoms in total. The zero-order valence-electron chi connectivity index (χ0n) is 22.2. The van der Waals surface area contributed by atoms with Crippen molar-refractivity contribution in [2.24, 2.45) is 4.99 Å². The highest BCUT2D eigenvalue weighted by Crippen LogP contribution is 2.48. The van der Waals surface area contributed by atoms with Crippen molar-refractivity contribution in [3.8, 4) is 0 Å². The molecule has 0 spiro atoms. The molecule has 2 aliphatic rings. The predicted octanol–water partition coefficient (Wildman–Crippen LogP) is 6.38. The minimum absolute atomic E-state index is 0.00256. The predicted molar refractivity (Wildman–Crippen MR) is 150 cm³/mol. The topological polar surface area (TPSA) is 71.0 Å². The van der Waals surface area contributed by atoms with Crippen molar-refractivity contribution in [3.63, 3.8) is 0 Å². The van der Waals surface area contributed by atoms with Crippen LogP contribution in [0.5, 0.6) is 0 Å². The van der Waals surface area contributed by atoms with Gasteiger partial charge in [0.2, 0.25) is 0 Å². The molecule has 214 valence electrons. The van der Waals surface area contributed by atoms with E-state index in [4.69, 9.17) is 28.0 Å². The van der Waals surface area contributed by atoms with Crippen LogP contribution in [0.3, 0.4) is 0 Å². The van der Waals surface area contributed by atoms with Gasteiger partial charge >= 0.3 is 6.18 Å². The van der Waals surface area contributed by atoms with Gasteiger partial charge in [0.15, 0.2) is 0 Å². The smallest absolute Gasteiger partial charge is 0.338 e. The number of aryl methyl sites for hydroxylation is 2. The van der Waals surface area contributed by atoms with E-state index in [0.29, 0.717) is 16.7 Å². The molecule has 1 fully saturated rings. The minimum Gasteiger partial charge on any atom is -0.338 e. The van der Waals surface area contributed by atoms with Gasteiger partial charge in [-0.25, -0.2) is 5.06 Å². The van der Waals surface area contributed by atoms with Crippen LogP contribution in [0.2, 0.25) is 10.0 Å². The molecule has 11 heteroatoms. The SMILES string of the molecule is Cc1ccc(CN2OC[C@@H](NC(=O)c3ccc(C4=NCC(c5cc(Cl)cc(Cl)c5)(C(F)(F)F)C4)cc3C)C2=O)cc1. The van der Waals surface area contributed by atoms with Crippen molar-refractivity contribution >= 4 is 40.7 Å². The van der Waals surface area contributed by atoms with E-state index in [1.807, 2.05) is 31.2 Å². The van der Waals surface area contributed by atoms with Crippen molar-refractivity contribution in [1.29, 1.82) is 0 Å². The van der Waals surface area contributed by atoms with Gasteiger partial charge in [-0.3, -0.25) is 19.4 Å². The van der Waals surface area contributed by atoms with Gasteiger partial charge in [0.1, 0.15) is 18.1 Å². The molecule has 0 aliphatic carbocycles. The Hall–Kier alpha value is -3.40. The van der Waals surface area contributed by atoms with Crippen LogP contribution in [-0.4, -0.2) is 48.0 Å². The van der Waals surface area contributed by atoms with E-state index in [-0.39, 0.29) is 40.4 Å². The molecule has 2 amide bonds. The van der Waals surface area contributed by atoms with E-state index in [0.717, 1.165) is 11.1 Å². The number of halogens is 5. The summed E-state index contributed by atoms with van der Waals surface area (Å²) in [6.07, 6.45) is -5.01. The molecule has 41 heavy (non-hydrogen) atoms. The van der Waals surface area contributed by atoms with Crippen LogP contribution in [0.1, 0.15) is 44.6 Å². The second kappa shape index (κ2) is 11.1. The number of amides is 2. The summed E-state index contributed by atoms with van der Waals surface area (Å²) >= 11 is 12.0. The van der Waals surface area contributed by atoms with E-state index >= 15 is 0 Å². The number of carbonyl (C=O) groups excluding carboxylic acids is 2. The largest absolute Gasteiger partial charge is 0.400 e. The lowest BCUT2D eigenvalue weighted by Crippen LogP contribution is -2.43. The third kappa shape index (κ3) is 5.84. The maximum atomic E-state index is 14.4. The monoisotopic (exact) mass is 603 g/mol. The van der Waals surface area contributed by atoms with E-state index in [1.54, 1.807) is 19.1 Å². The summed E-state index contributed by atoms with van der Waals surface area (Å²) in [6, 6.07) is 15.5. The molecule has 2 heterocycles. The summed E-state index contributed by atoms with van der Waals surface area (Å²) in [6.45, 7) is 3.39. The molecule has 0 aromatic heterocycles. The Balaban J connectivity index is 1.28. The van der Waals surface area contributed by atoms with Crippen molar-refractivity contribution in [2.75, 3.05) is 13.2 Å². The second-order valence-corrected chi connectivity index (χ2v) is 11.3. The Morgan fingerprint density at radius 3 is 2.39 bits per heavy atom. The first-order valence-corrected chi connectivity index (χ1v) is 13.6. The summed E-state index contributed by atoms with van der Waals surface area (Å²) in [4.78, 5) is 35.6. The Bertz CT molecular complexity index is 1520. The summed E-state index contributed by atoms with van der Waals surface area (Å²) < 4.78 is 43.3. The fourth-order valence-corrected chi connectivity index (χ4v) is 5.62. The molecule has 0 bridgehead atoms. The normalized spacial score (nSPS) is 20.9. The zero-order chi connectivity index (χ0) is 29.5. The van der Waals surface area contributed by atoms with E-state index in [1.165, 1.54) is 29.3 Å². The number of benzene rings is 3. The van der Waals surface area contributed by atoms with Crippen LogP contribution in [-0.2, 0) is 21.6 Å². The lowest BCUT2D eigenvalue weighted by molar-refractivity contribution is -0.183. The van der Waals surface area contributed by atoms with Crippen molar-refractivity contribution in [2.45, 2.75) is 44.4 Å². The molecular weight excluding hydrogens is 578 g/mol. The van der Waals surface area contributed by atoms with Crippen LogP contribution >= 0.6 is 23.2 Å². The molecule has 1 saturated heterocycles. The summed E-state index contributed by atoms with van der Waals surface area (Å²) in [7, 11) is 0. The Labute approximate surface area is 245 Å². The van der Waals surface area contributed by atoms with Gasteiger partial charge in [0.05, 0.1) is 13.1 Å². The lowest BCUT2D eigenvalue weighted by Gasteiger charge is -2.31. The highest BCUT2D eigenvalue weighted by molar-refractivity contribution is 6.34. The Kier molecular flexibility index (Phi) is 7.89. The maximum Gasteiger partial charge on any atom is 0.400 e. The first-order chi connectivity index (χ1) is 19.4. The molecular formula is C30H26Cl2F3N3O3. The van der Waals surface area contributed by atoms with E-state index in [2.05, 4.69) is 10.3 Å². The third-order valence-corrected chi connectivity index (χ3v) is 7.90. The summed E-state index contributed by atoms with van der Waals surface area (Å²) in [5.74, 6) is -0.849. The third-order valence-electron chi connectivity index (χ3n) is 7.46. The number of nitrogens with one attached hydrogen (secondary N) is 1. The van der Waals surface area contributed by atoms with Crippen LogP contribution < -0.4 is 5.32 Å². The molecule has 1 unspecified atom stereocenters. The first kappa shape index (κ1) is 29.1. The van der Waals surface area contributed by atoms with Gasteiger partial charge in [-0.05, 0) is 66.4 Å². The van der Waals surface area contributed by atoms with Gasteiger partial charge in [-0.15, -0.1) is 0 Å². The standard InChI is InChI=1S/C30H26Cl2F3N3O3/c1-17-3-5-19(6-4-17)14-38-28(40)26(15-41-38)37-27(39)24-8-7-20(9-18(24)2)25-13-29(16-36-25,30(33,34)35)21-10-22(31)12-23(32)11-21/h3-12,26H,13-16H2,1-2H3,(H,37,39)/t26-,29?/m1/s1. The molecule has 0 saturated carbocycles.